The molecule has 3 aliphatic rings. The van der Waals surface area contributed by atoms with E-state index in [0.29, 0.717) is 25.0 Å². The van der Waals surface area contributed by atoms with E-state index in [1.165, 1.54) is 12.1 Å². The molecule has 0 aromatic heterocycles. The van der Waals surface area contributed by atoms with Crippen molar-refractivity contribution in [3.05, 3.63) is 30.1 Å². The van der Waals surface area contributed by atoms with Crippen molar-refractivity contribution < 1.29 is 14.0 Å². The van der Waals surface area contributed by atoms with Crippen molar-refractivity contribution in [2.45, 2.75) is 25.3 Å². The summed E-state index contributed by atoms with van der Waals surface area (Å²) in [6, 6.07) is 6.20. The van der Waals surface area contributed by atoms with Crippen LogP contribution >= 0.6 is 0 Å². The van der Waals surface area contributed by atoms with Crippen LogP contribution in [0.5, 0.6) is 0 Å². The van der Waals surface area contributed by atoms with Crippen LogP contribution in [0.4, 0.5) is 14.9 Å². The molecule has 3 heterocycles. The van der Waals surface area contributed by atoms with Crippen LogP contribution in [0.2, 0.25) is 0 Å². The van der Waals surface area contributed by atoms with Crippen LogP contribution in [0.15, 0.2) is 24.3 Å². The Bertz CT molecular complexity index is 686. The van der Waals surface area contributed by atoms with Gasteiger partial charge in [0.05, 0.1) is 11.6 Å². The zero-order chi connectivity index (χ0) is 18.1. The van der Waals surface area contributed by atoms with E-state index >= 15 is 0 Å². The lowest BCUT2D eigenvalue weighted by molar-refractivity contribution is -0.138. The number of benzene rings is 1. The maximum absolute atomic E-state index is 13.7. The first-order valence-electron chi connectivity index (χ1n) is 9.43. The third-order valence-electron chi connectivity index (χ3n) is 5.72. The van der Waals surface area contributed by atoms with Crippen molar-refractivity contribution >= 4 is 17.6 Å². The van der Waals surface area contributed by atoms with E-state index in [2.05, 4.69) is 10.6 Å². The van der Waals surface area contributed by atoms with Crippen LogP contribution in [0.3, 0.4) is 0 Å². The average molecular weight is 360 g/mol. The molecule has 2 bridgehead atoms. The van der Waals surface area contributed by atoms with Crippen LogP contribution < -0.4 is 10.6 Å². The maximum atomic E-state index is 13.7. The number of rotatable bonds is 2. The number of carbonyl (C=O) groups excluding carboxylic acids is 2. The molecule has 3 atom stereocenters. The van der Waals surface area contributed by atoms with Gasteiger partial charge in [-0.25, -0.2) is 9.18 Å². The third-order valence-corrected chi connectivity index (χ3v) is 5.72. The molecule has 4 rings (SSSR count). The number of hydrogen-bond donors (Lipinski definition) is 2. The molecule has 3 amide bonds. The van der Waals surface area contributed by atoms with Crippen molar-refractivity contribution in [2.24, 2.45) is 11.8 Å². The highest BCUT2D eigenvalue weighted by molar-refractivity contribution is 5.90. The normalized spacial score (nSPS) is 28.1. The van der Waals surface area contributed by atoms with Crippen molar-refractivity contribution in [1.82, 2.24) is 15.1 Å². The summed E-state index contributed by atoms with van der Waals surface area (Å²) in [5.74, 6) is 0.0999. The molecule has 6 nitrogen and oxygen atoms in total. The average Bonchev–Trinajstić information content (AvgIpc) is 3.00. The number of nitrogens with zero attached hydrogens (tertiary/aromatic N) is 2. The summed E-state index contributed by atoms with van der Waals surface area (Å²) in [5, 5.41) is 6.08. The van der Waals surface area contributed by atoms with Crippen LogP contribution in [-0.2, 0) is 4.79 Å². The van der Waals surface area contributed by atoms with E-state index in [1.54, 1.807) is 17.0 Å². The molecule has 1 aromatic rings. The van der Waals surface area contributed by atoms with Gasteiger partial charge in [-0.2, -0.15) is 0 Å². The molecule has 0 saturated carbocycles. The number of fused-ring (bicyclic) bond motifs is 2. The van der Waals surface area contributed by atoms with Gasteiger partial charge in [0.2, 0.25) is 5.91 Å². The molecule has 0 radical (unpaired) electrons. The van der Waals surface area contributed by atoms with E-state index in [0.717, 1.165) is 38.9 Å². The smallest absolute Gasteiger partial charge is 0.321 e. The molecule has 26 heavy (non-hydrogen) atoms. The Balaban J connectivity index is 1.37. The Morgan fingerprint density at radius 1 is 1.15 bits per heavy atom. The summed E-state index contributed by atoms with van der Waals surface area (Å²) >= 11 is 0. The Kier molecular flexibility index (Phi) is 4.80. The highest BCUT2D eigenvalue weighted by Crippen LogP contribution is 2.26. The summed E-state index contributed by atoms with van der Waals surface area (Å²) < 4.78 is 13.7. The van der Waals surface area contributed by atoms with E-state index in [1.807, 2.05) is 4.90 Å². The van der Waals surface area contributed by atoms with Gasteiger partial charge in [0.25, 0.3) is 0 Å². The van der Waals surface area contributed by atoms with Crippen molar-refractivity contribution in [1.29, 1.82) is 0 Å². The first-order chi connectivity index (χ1) is 12.6. The van der Waals surface area contributed by atoms with Gasteiger partial charge in [-0.1, -0.05) is 12.1 Å². The number of anilines is 1. The Hall–Kier alpha value is -2.15. The number of carbonyl (C=O) groups is 2. The van der Waals surface area contributed by atoms with Crippen molar-refractivity contribution in [2.75, 3.05) is 38.0 Å². The summed E-state index contributed by atoms with van der Waals surface area (Å²) in [6.07, 6.45) is 2.76. The zero-order valence-electron chi connectivity index (χ0n) is 14.8. The number of likely N-dealkylation sites (tertiary alicyclic amines) is 2. The van der Waals surface area contributed by atoms with Gasteiger partial charge in [0.1, 0.15) is 5.82 Å². The highest BCUT2D eigenvalue weighted by atomic mass is 19.1. The lowest BCUT2D eigenvalue weighted by Gasteiger charge is -2.37. The second-order valence-corrected chi connectivity index (χ2v) is 7.65. The lowest BCUT2D eigenvalue weighted by Crippen LogP contribution is -2.51. The minimum atomic E-state index is -0.457. The summed E-state index contributed by atoms with van der Waals surface area (Å²) in [6.45, 7) is 3.58. The number of hydrogen-bond acceptors (Lipinski definition) is 3. The van der Waals surface area contributed by atoms with Gasteiger partial charge >= 0.3 is 6.03 Å². The lowest BCUT2D eigenvalue weighted by atomic mass is 9.93. The van der Waals surface area contributed by atoms with Crippen molar-refractivity contribution in [3.63, 3.8) is 0 Å². The molecule has 3 fully saturated rings. The van der Waals surface area contributed by atoms with Crippen LogP contribution in [0.25, 0.3) is 0 Å². The Morgan fingerprint density at radius 3 is 2.81 bits per heavy atom. The molecule has 7 heteroatoms. The summed E-state index contributed by atoms with van der Waals surface area (Å²) in [7, 11) is 0. The molecule has 2 N–H and O–H groups in total. The number of para-hydroxylation sites is 1. The molecular formula is C19H25FN4O2. The molecule has 1 aromatic carbocycles. The van der Waals surface area contributed by atoms with E-state index < -0.39 is 5.82 Å². The quantitative estimate of drug-likeness (QED) is 0.847. The minimum absolute atomic E-state index is 0.159. The topological polar surface area (TPSA) is 64.7 Å². The van der Waals surface area contributed by atoms with Crippen LogP contribution in [0, 0.1) is 17.7 Å². The molecular weight excluding hydrogens is 335 g/mol. The van der Waals surface area contributed by atoms with E-state index in [-0.39, 0.29) is 23.5 Å². The van der Waals surface area contributed by atoms with Crippen LogP contribution in [-0.4, -0.2) is 60.5 Å². The fourth-order valence-electron chi connectivity index (χ4n) is 4.39. The number of urea groups is 1. The largest absolute Gasteiger partial charge is 0.341 e. The second-order valence-electron chi connectivity index (χ2n) is 7.65. The van der Waals surface area contributed by atoms with E-state index in [9.17, 15) is 14.0 Å². The molecule has 3 unspecified atom stereocenters. The van der Waals surface area contributed by atoms with Gasteiger partial charge in [-0.3, -0.25) is 4.79 Å². The minimum Gasteiger partial charge on any atom is -0.341 e. The fourth-order valence-corrected chi connectivity index (χ4v) is 4.39. The first kappa shape index (κ1) is 17.3. The van der Waals surface area contributed by atoms with Gasteiger partial charge in [0.15, 0.2) is 0 Å². The van der Waals surface area contributed by atoms with Gasteiger partial charge in [-0.15, -0.1) is 0 Å². The highest BCUT2D eigenvalue weighted by Gasteiger charge is 2.38. The summed E-state index contributed by atoms with van der Waals surface area (Å²) in [4.78, 5) is 29.0. The molecule has 0 aliphatic carbocycles. The SMILES string of the molecule is O=C(Nc1ccccc1F)N1CCCC(C(=O)N2CC3CNC(C3)C2)C1. The molecule has 3 saturated heterocycles. The number of halogens is 1. The van der Waals surface area contributed by atoms with Crippen molar-refractivity contribution in [3.8, 4) is 0 Å². The fraction of sp³-hybridized carbons (Fsp3) is 0.579. The van der Waals surface area contributed by atoms with Gasteiger partial charge < -0.3 is 20.4 Å². The summed E-state index contributed by atoms with van der Waals surface area (Å²) in [5.41, 5.74) is 0.171. The zero-order valence-corrected chi connectivity index (χ0v) is 14.8. The maximum Gasteiger partial charge on any atom is 0.321 e. The predicted octanol–water partition coefficient (Wildman–Crippen LogP) is 1.89. The second kappa shape index (κ2) is 7.23. The molecule has 140 valence electrons. The number of amides is 3. The van der Waals surface area contributed by atoms with E-state index in [4.69, 9.17) is 0 Å². The monoisotopic (exact) mass is 360 g/mol. The van der Waals surface area contributed by atoms with Gasteiger partial charge in [-0.05, 0) is 37.3 Å². The predicted molar refractivity (Wildman–Crippen MR) is 96.2 cm³/mol. The van der Waals surface area contributed by atoms with Crippen LogP contribution in [0.1, 0.15) is 19.3 Å². The molecule has 3 aliphatic heterocycles. The number of nitrogens with one attached hydrogen (secondary N) is 2. The standard InChI is InChI=1S/C19H25FN4O2/c20-16-5-1-2-6-17(16)22-19(26)23-7-3-4-14(11-23)18(25)24-10-13-8-15(12-24)21-9-13/h1-2,5-6,13-15,21H,3-4,7-12H2,(H,22,26). The number of piperidine rings is 2. The van der Waals surface area contributed by atoms with Gasteiger partial charge in [0, 0.05) is 38.8 Å². The Labute approximate surface area is 152 Å². The molecule has 0 spiro atoms. The Morgan fingerprint density at radius 2 is 2.00 bits per heavy atom. The third kappa shape index (κ3) is 3.53. The first-order valence-corrected chi connectivity index (χ1v) is 9.43.